The molecule has 1 aliphatic carbocycles. The molecule has 0 saturated heterocycles. The second-order valence-corrected chi connectivity index (χ2v) is 5.47. The molecule has 2 unspecified atom stereocenters. The molecule has 2 rings (SSSR count). The highest BCUT2D eigenvalue weighted by atomic mass is 35.5. The van der Waals surface area contributed by atoms with Gasteiger partial charge in [0.2, 0.25) is 0 Å². The number of aryl methyl sites for hydroxylation is 1. The molecule has 1 nitrogen and oxygen atoms in total. The number of alkyl halides is 1. The normalized spacial score (nSPS) is 28.3. The summed E-state index contributed by atoms with van der Waals surface area (Å²) >= 11 is 6.15. The SMILES string of the molecule is Cc1cccc(OC2CC(Cl)C2(C)C)c1. The molecule has 1 aliphatic rings. The van der Waals surface area contributed by atoms with E-state index in [1.807, 2.05) is 12.1 Å². The van der Waals surface area contributed by atoms with Crippen molar-refractivity contribution in [3.8, 4) is 5.75 Å². The first-order valence-electron chi connectivity index (χ1n) is 5.37. The molecule has 2 heteroatoms. The number of rotatable bonds is 2. The van der Waals surface area contributed by atoms with Gasteiger partial charge in [0, 0.05) is 17.2 Å². The largest absolute Gasteiger partial charge is 0.490 e. The number of hydrogen-bond donors (Lipinski definition) is 0. The number of benzene rings is 1. The monoisotopic (exact) mass is 224 g/mol. The molecule has 0 radical (unpaired) electrons. The fraction of sp³-hybridized carbons (Fsp3) is 0.538. The van der Waals surface area contributed by atoms with E-state index < -0.39 is 0 Å². The van der Waals surface area contributed by atoms with Crippen LogP contribution in [-0.2, 0) is 0 Å². The average molecular weight is 225 g/mol. The van der Waals surface area contributed by atoms with Gasteiger partial charge in [-0.25, -0.2) is 0 Å². The first-order valence-corrected chi connectivity index (χ1v) is 5.81. The Labute approximate surface area is 96.4 Å². The van der Waals surface area contributed by atoms with Gasteiger partial charge in [-0.05, 0) is 24.6 Å². The van der Waals surface area contributed by atoms with Crippen LogP contribution in [0.3, 0.4) is 0 Å². The van der Waals surface area contributed by atoms with Gasteiger partial charge in [-0.15, -0.1) is 11.6 Å². The van der Waals surface area contributed by atoms with Crippen molar-refractivity contribution in [1.29, 1.82) is 0 Å². The quantitative estimate of drug-likeness (QED) is 0.695. The second-order valence-electron chi connectivity index (χ2n) is 4.95. The molecule has 1 saturated carbocycles. The number of hydrogen-bond acceptors (Lipinski definition) is 1. The fourth-order valence-corrected chi connectivity index (χ4v) is 2.19. The molecule has 0 aromatic heterocycles. The Balaban J connectivity index is 2.05. The van der Waals surface area contributed by atoms with E-state index in [4.69, 9.17) is 16.3 Å². The van der Waals surface area contributed by atoms with Crippen molar-refractivity contribution in [1.82, 2.24) is 0 Å². The van der Waals surface area contributed by atoms with E-state index in [0.717, 1.165) is 12.2 Å². The van der Waals surface area contributed by atoms with Gasteiger partial charge in [-0.1, -0.05) is 26.0 Å². The van der Waals surface area contributed by atoms with E-state index in [1.54, 1.807) is 0 Å². The molecule has 0 spiro atoms. The van der Waals surface area contributed by atoms with Gasteiger partial charge in [-0.2, -0.15) is 0 Å². The van der Waals surface area contributed by atoms with Gasteiger partial charge in [0.05, 0.1) is 0 Å². The minimum absolute atomic E-state index is 0.0886. The van der Waals surface area contributed by atoms with Crippen LogP contribution in [-0.4, -0.2) is 11.5 Å². The third-order valence-electron chi connectivity index (χ3n) is 3.33. The first-order chi connectivity index (χ1) is 7.00. The smallest absolute Gasteiger partial charge is 0.120 e. The summed E-state index contributed by atoms with van der Waals surface area (Å²) in [5, 5.41) is 0.243. The predicted octanol–water partition coefficient (Wildman–Crippen LogP) is 3.78. The van der Waals surface area contributed by atoms with E-state index in [2.05, 4.69) is 32.9 Å². The zero-order valence-electron chi connectivity index (χ0n) is 9.46. The summed E-state index contributed by atoms with van der Waals surface area (Å²) in [6.07, 6.45) is 1.20. The highest BCUT2D eigenvalue weighted by molar-refractivity contribution is 6.21. The highest BCUT2D eigenvalue weighted by Crippen LogP contribution is 2.46. The van der Waals surface area contributed by atoms with Crippen molar-refractivity contribution in [2.24, 2.45) is 5.41 Å². The van der Waals surface area contributed by atoms with Crippen LogP contribution in [0.15, 0.2) is 24.3 Å². The van der Waals surface area contributed by atoms with Crippen LogP contribution in [0.25, 0.3) is 0 Å². The summed E-state index contributed by atoms with van der Waals surface area (Å²) in [5.74, 6) is 0.955. The van der Waals surface area contributed by atoms with Gasteiger partial charge in [-0.3, -0.25) is 0 Å². The maximum Gasteiger partial charge on any atom is 0.120 e. The fourth-order valence-electron chi connectivity index (χ4n) is 1.89. The Bertz CT molecular complexity index is 359. The average Bonchev–Trinajstić information content (AvgIpc) is 2.17. The maximum absolute atomic E-state index is 6.15. The lowest BCUT2D eigenvalue weighted by atomic mass is 9.68. The summed E-state index contributed by atoms with van der Waals surface area (Å²) in [7, 11) is 0. The molecule has 0 N–H and O–H groups in total. The van der Waals surface area contributed by atoms with E-state index in [-0.39, 0.29) is 16.9 Å². The van der Waals surface area contributed by atoms with E-state index >= 15 is 0 Å². The van der Waals surface area contributed by atoms with Gasteiger partial charge >= 0.3 is 0 Å². The van der Waals surface area contributed by atoms with E-state index in [1.165, 1.54) is 5.56 Å². The lowest BCUT2D eigenvalue weighted by Crippen LogP contribution is -2.53. The molecule has 0 bridgehead atoms. The lowest BCUT2D eigenvalue weighted by molar-refractivity contribution is -0.0130. The highest BCUT2D eigenvalue weighted by Gasteiger charge is 2.49. The third kappa shape index (κ3) is 1.98. The van der Waals surface area contributed by atoms with Crippen LogP contribution < -0.4 is 4.74 Å². The van der Waals surface area contributed by atoms with Crippen LogP contribution in [0.4, 0.5) is 0 Å². The molecular formula is C13H17ClO. The molecule has 82 valence electrons. The third-order valence-corrected chi connectivity index (χ3v) is 4.07. The van der Waals surface area contributed by atoms with Gasteiger partial charge in [0.25, 0.3) is 0 Å². The van der Waals surface area contributed by atoms with Crippen LogP contribution >= 0.6 is 11.6 Å². The molecule has 0 aliphatic heterocycles. The first kappa shape index (κ1) is 10.8. The van der Waals surface area contributed by atoms with Crippen LogP contribution in [0, 0.1) is 12.3 Å². The standard InChI is InChI=1S/C13H17ClO/c1-9-5-4-6-10(7-9)15-12-8-11(14)13(12,2)3/h4-7,11-12H,8H2,1-3H3. The second kappa shape index (κ2) is 3.71. The van der Waals surface area contributed by atoms with Gasteiger partial charge in [0.1, 0.15) is 11.9 Å². The van der Waals surface area contributed by atoms with Gasteiger partial charge < -0.3 is 4.74 Å². The molecule has 15 heavy (non-hydrogen) atoms. The minimum atomic E-state index is 0.0886. The maximum atomic E-state index is 6.15. The van der Waals surface area contributed by atoms with Crippen LogP contribution in [0.1, 0.15) is 25.8 Å². The van der Waals surface area contributed by atoms with E-state index in [0.29, 0.717) is 0 Å². The van der Waals surface area contributed by atoms with E-state index in [9.17, 15) is 0 Å². The molecule has 2 atom stereocenters. The Morgan fingerprint density at radius 1 is 1.40 bits per heavy atom. The predicted molar refractivity (Wildman–Crippen MR) is 63.6 cm³/mol. The minimum Gasteiger partial charge on any atom is -0.490 e. The Morgan fingerprint density at radius 2 is 2.13 bits per heavy atom. The van der Waals surface area contributed by atoms with Gasteiger partial charge in [0.15, 0.2) is 0 Å². The summed E-state index contributed by atoms with van der Waals surface area (Å²) in [6.45, 7) is 6.40. The molecule has 0 amide bonds. The summed E-state index contributed by atoms with van der Waals surface area (Å²) < 4.78 is 5.93. The number of halogens is 1. The zero-order valence-corrected chi connectivity index (χ0v) is 10.2. The van der Waals surface area contributed by atoms with Crippen LogP contribution in [0.5, 0.6) is 5.75 Å². The molecule has 1 aromatic rings. The lowest BCUT2D eigenvalue weighted by Gasteiger charge is -2.48. The number of ether oxygens (including phenoxy) is 1. The topological polar surface area (TPSA) is 9.23 Å². The summed E-state index contributed by atoms with van der Waals surface area (Å²) in [4.78, 5) is 0. The van der Waals surface area contributed by atoms with Crippen molar-refractivity contribution in [2.45, 2.75) is 38.7 Å². The summed E-state index contributed by atoms with van der Waals surface area (Å²) in [6, 6.07) is 8.17. The molecular weight excluding hydrogens is 208 g/mol. The van der Waals surface area contributed by atoms with Crippen LogP contribution in [0.2, 0.25) is 0 Å². The Morgan fingerprint density at radius 3 is 2.67 bits per heavy atom. The Hall–Kier alpha value is -0.690. The summed E-state index contributed by atoms with van der Waals surface area (Å²) in [5.41, 5.74) is 1.32. The molecule has 1 aromatic carbocycles. The zero-order chi connectivity index (χ0) is 11.1. The van der Waals surface area contributed by atoms with Crippen molar-refractivity contribution < 1.29 is 4.74 Å². The van der Waals surface area contributed by atoms with Crippen molar-refractivity contribution in [3.05, 3.63) is 29.8 Å². The Kier molecular flexibility index (Phi) is 2.68. The molecule has 1 fully saturated rings. The molecule has 0 heterocycles. The van der Waals surface area contributed by atoms with Crippen molar-refractivity contribution >= 4 is 11.6 Å². The van der Waals surface area contributed by atoms with Crippen molar-refractivity contribution in [3.63, 3.8) is 0 Å². The van der Waals surface area contributed by atoms with Crippen molar-refractivity contribution in [2.75, 3.05) is 0 Å².